The molecule has 5 nitrogen and oxygen atoms in total. The fraction of sp³-hybridized carbons (Fsp3) is 0.421. The number of hydrazone groups is 1. The Morgan fingerprint density at radius 2 is 1.89 bits per heavy atom. The van der Waals surface area contributed by atoms with Gasteiger partial charge in [0.1, 0.15) is 4.84 Å². The van der Waals surface area contributed by atoms with Gasteiger partial charge in [-0.1, -0.05) is 0 Å². The average molecular weight is 428 g/mol. The summed E-state index contributed by atoms with van der Waals surface area (Å²) >= 11 is 13.7. The summed E-state index contributed by atoms with van der Waals surface area (Å²) in [7, 11) is 0. The third-order valence-corrected chi connectivity index (χ3v) is 5.73. The Morgan fingerprint density at radius 1 is 1.26 bits per heavy atom. The molecule has 27 heavy (non-hydrogen) atoms. The van der Waals surface area contributed by atoms with Crippen molar-refractivity contribution < 1.29 is 9.53 Å². The van der Waals surface area contributed by atoms with Crippen LogP contribution in [0.1, 0.15) is 50.8 Å². The first-order valence-corrected chi connectivity index (χ1v) is 10.3. The number of carbonyl (C=O) groups is 1. The summed E-state index contributed by atoms with van der Waals surface area (Å²) in [6.07, 6.45) is 1.93. The van der Waals surface area contributed by atoms with Gasteiger partial charge >= 0.3 is 5.97 Å². The Morgan fingerprint density at radius 3 is 2.44 bits per heavy atom. The summed E-state index contributed by atoms with van der Waals surface area (Å²) in [4.78, 5) is 15.3. The van der Waals surface area contributed by atoms with Crippen molar-refractivity contribution in [3.05, 3.63) is 44.5 Å². The third kappa shape index (κ3) is 5.21. The van der Waals surface area contributed by atoms with E-state index in [4.69, 9.17) is 27.9 Å². The smallest absolute Gasteiger partial charge is 0.311 e. The van der Waals surface area contributed by atoms with E-state index in [9.17, 15) is 4.79 Å². The second-order valence-corrected chi connectivity index (χ2v) is 8.08. The van der Waals surface area contributed by atoms with E-state index in [1.165, 1.54) is 11.3 Å². The minimum atomic E-state index is -0.556. The molecular weight excluding hydrogens is 405 g/mol. The summed E-state index contributed by atoms with van der Waals surface area (Å²) in [6.45, 7) is 10.2. The van der Waals surface area contributed by atoms with E-state index in [1.807, 2.05) is 33.1 Å². The first-order chi connectivity index (χ1) is 12.8. The summed E-state index contributed by atoms with van der Waals surface area (Å²) in [5, 5.41) is 6.74. The standard InChI is InChI=1S/C19H23Cl2N3O2S/c1-6-26-16(25)7-14-9-27-19(23-14)24-22-8-15-10(2)12(4)17(18(20)21)13(5)11(15)3/h8-9,18H,6-7H2,1-5H3,(H,23,24). The number of anilines is 1. The predicted octanol–water partition coefficient (Wildman–Crippen LogP) is 5.40. The molecule has 1 N–H and O–H groups in total. The van der Waals surface area contributed by atoms with Crippen LogP contribution in [0.3, 0.4) is 0 Å². The number of hydrogen-bond acceptors (Lipinski definition) is 6. The molecule has 0 aliphatic carbocycles. The molecule has 2 aromatic rings. The van der Waals surface area contributed by atoms with Gasteiger partial charge < -0.3 is 4.74 Å². The van der Waals surface area contributed by atoms with Crippen LogP contribution in [-0.2, 0) is 16.0 Å². The molecule has 1 aromatic carbocycles. The quantitative estimate of drug-likeness (QED) is 0.277. The Hall–Kier alpha value is -1.63. The van der Waals surface area contributed by atoms with Gasteiger partial charge in [-0.2, -0.15) is 5.10 Å². The summed E-state index contributed by atoms with van der Waals surface area (Å²) in [5.74, 6) is -0.285. The third-order valence-electron chi connectivity index (χ3n) is 4.50. The molecule has 0 atom stereocenters. The first kappa shape index (κ1) is 21.7. The van der Waals surface area contributed by atoms with Gasteiger partial charge in [0.05, 0.1) is 24.9 Å². The number of aromatic nitrogens is 1. The summed E-state index contributed by atoms with van der Waals surface area (Å²) in [5.41, 5.74) is 9.89. The van der Waals surface area contributed by atoms with Crippen molar-refractivity contribution in [1.82, 2.24) is 4.98 Å². The first-order valence-electron chi connectivity index (χ1n) is 8.53. The molecule has 1 aromatic heterocycles. The average Bonchev–Trinajstić information content (AvgIpc) is 3.03. The molecule has 0 unspecified atom stereocenters. The van der Waals surface area contributed by atoms with Crippen LogP contribution < -0.4 is 5.43 Å². The number of halogens is 2. The molecule has 0 aliphatic heterocycles. The van der Waals surface area contributed by atoms with E-state index in [0.717, 1.165) is 33.4 Å². The monoisotopic (exact) mass is 427 g/mol. The van der Waals surface area contributed by atoms with Gasteiger partial charge in [-0.25, -0.2) is 4.98 Å². The molecule has 0 saturated heterocycles. The van der Waals surface area contributed by atoms with Gasteiger partial charge in [0, 0.05) is 10.9 Å². The van der Waals surface area contributed by atoms with Crippen molar-refractivity contribution in [3.8, 4) is 0 Å². The highest BCUT2D eigenvalue weighted by molar-refractivity contribution is 7.13. The van der Waals surface area contributed by atoms with Crippen molar-refractivity contribution in [2.75, 3.05) is 12.0 Å². The van der Waals surface area contributed by atoms with Gasteiger partial charge in [-0.05, 0) is 62.4 Å². The summed E-state index contributed by atoms with van der Waals surface area (Å²) < 4.78 is 4.93. The number of rotatable bonds is 7. The number of nitrogens with one attached hydrogen (secondary N) is 1. The van der Waals surface area contributed by atoms with Gasteiger partial charge in [0.2, 0.25) is 5.13 Å². The topological polar surface area (TPSA) is 63.6 Å². The van der Waals surface area contributed by atoms with E-state index in [-0.39, 0.29) is 12.4 Å². The molecule has 0 radical (unpaired) electrons. The van der Waals surface area contributed by atoms with Crippen molar-refractivity contribution >= 4 is 51.9 Å². The molecular formula is C19H23Cl2N3O2S. The maximum Gasteiger partial charge on any atom is 0.311 e. The second-order valence-electron chi connectivity index (χ2n) is 6.12. The van der Waals surface area contributed by atoms with E-state index < -0.39 is 4.84 Å². The van der Waals surface area contributed by atoms with Gasteiger partial charge in [0.15, 0.2) is 0 Å². The Labute approximate surface area is 173 Å². The number of ether oxygens (including phenoxy) is 1. The lowest BCUT2D eigenvalue weighted by Crippen LogP contribution is -2.07. The van der Waals surface area contributed by atoms with Crippen LogP contribution >= 0.6 is 34.5 Å². The van der Waals surface area contributed by atoms with Crippen LogP contribution in [0.25, 0.3) is 0 Å². The number of nitrogens with zero attached hydrogens (tertiary/aromatic N) is 2. The zero-order valence-electron chi connectivity index (χ0n) is 16.0. The lowest BCUT2D eigenvalue weighted by Gasteiger charge is -2.19. The largest absolute Gasteiger partial charge is 0.466 e. The minimum absolute atomic E-state index is 0.159. The number of carbonyl (C=O) groups excluding carboxylic acids is 1. The van der Waals surface area contributed by atoms with Crippen molar-refractivity contribution in [1.29, 1.82) is 0 Å². The van der Waals surface area contributed by atoms with Crippen LogP contribution in [0.2, 0.25) is 0 Å². The van der Waals surface area contributed by atoms with Gasteiger partial charge in [-0.15, -0.1) is 34.5 Å². The molecule has 1 heterocycles. The zero-order valence-corrected chi connectivity index (χ0v) is 18.3. The maximum absolute atomic E-state index is 11.5. The zero-order chi connectivity index (χ0) is 20.1. The van der Waals surface area contributed by atoms with Crippen LogP contribution in [0, 0.1) is 27.7 Å². The highest BCUT2D eigenvalue weighted by Crippen LogP contribution is 2.35. The van der Waals surface area contributed by atoms with E-state index in [1.54, 1.807) is 13.1 Å². The van der Waals surface area contributed by atoms with Crippen molar-refractivity contribution in [2.24, 2.45) is 5.10 Å². The predicted molar refractivity (Wildman–Crippen MR) is 114 cm³/mol. The lowest BCUT2D eigenvalue weighted by atomic mass is 9.90. The van der Waals surface area contributed by atoms with Crippen LogP contribution in [0.5, 0.6) is 0 Å². The SMILES string of the molecule is CCOC(=O)Cc1csc(NN=Cc2c(C)c(C)c(C(Cl)Cl)c(C)c2C)n1. The Balaban J connectivity index is 2.15. The maximum atomic E-state index is 11.5. The Bertz CT molecular complexity index is 834. The fourth-order valence-corrected chi connectivity index (χ4v) is 4.16. The number of hydrogen-bond donors (Lipinski definition) is 1. The van der Waals surface area contributed by atoms with Crippen LogP contribution in [0.15, 0.2) is 10.5 Å². The second kappa shape index (κ2) is 9.53. The summed E-state index contributed by atoms with van der Waals surface area (Å²) in [6, 6.07) is 0. The Kier molecular flexibility index (Phi) is 7.65. The van der Waals surface area contributed by atoms with E-state index in [2.05, 4.69) is 15.5 Å². The lowest BCUT2D eigenvalue weighted by molar-refractivity contribution is -0.142. The highest BCUT2D eigenvalue weighted by Gasteiger charge is 2.18. The molecule has 0 bridgehead atoms. The van der Waals surface area contributed by atoms with Gasteiger partial charge in [-0.3, -0.25) is 10.2 Å². The van der Waals surface area contributed by atoms with Crippen LogP contribution in [-0.4, -0.2) is 23.8 Å². The molecule has 0 fully saturated rings. The van der Waals surface area contributed by atoms with Crippen LogP contribution in [0.4, 0.5) is 5.13 Å². The fourth-order valence-electron chi connectivity index (χ4n) is 2.84. The number of esters is 1. The van der Waals surface area contributed by atoms with E-state index >= 15 is 0 Å². The molecule has 0 spiro atoms. The minimum Gasteiger partial charge on any atom is -0.466 e. The van der Waals surface area contributed by atoms with Crippen molar-refractivity contribution in [2.45, 2.75) is 45.9 Å². The van der Waals surface area contributed by atoms with Gasteiger partial charge in [0.25, 0.3) is 0 Å². The highest BCUT2D eigenvalue weighted by atomic mass is 35.5. The number of thiazole rings is 1. The molecule has 0 aliphatic rings. The normalized spacial score (nSPS) is 11.4. The number of benzene rings is 1. The molecule has 2 rings (SSSR count). The molecule has 8 heteroatoms. The number of alkyl halides is 2. The van der Waals surface area contributed by atoms with Crippen molar-refractivity contribution in [3.63, 3.8) is 0 Å². The molecule has 0 saturated carbocycles. The molecule has 146 valence electrons. The molecule has 0 amide bonds. The van der Waals surface area contributed by atoms with E-state index in [0.29, 0.717) is 17.4 Å².